The van der Waals surface area contributed by atoms with Crippen molar-refractivity contribution in [2.45, 2.75) is 44.1 Å². The maximum absolute atomic E-state index is 5.46. The molecular weight excluding hydrogens is 258 g/mol. The lowest BCUT2D eigenvalue weighted by Crippen LogP contribution is -2.39. The Morgan fingerprint density at radius 3 is 2.48 bits per heavy atom. The number of benzene rings is 1. The van der Waals surface area contributed by atoms with Crippen molar-refractivity contribution < 1.29 is 4.74 Å². The predicted octanol–water partition coefficient (Wildman–Crippen LogP) is 3.58. The van der Waals surface area contributed by atoms with Gasteiger partial charge in [0.05, 0.1) is 0 Å². The van der Waals surface area contributed by atoms with Crippen molar-refractivity contribution in [1.29, 1.82) is 0 Å². The Kier molecular flexibility index (Phi) is 4.00. The molecule has 1 aromatic carbocycles. The second-order valence-electron chi connectivity index (χ2n) is 7.31. The summed E-state index contributed by atoms with van der Waals surface area (Å²) in [6.07, 6.45) is 6.75. The Hall–Kier alpha value is -0.860. The zero-order chi connectivity index (χ0) is 14.1. The molecule has 0 amide bonds. The molecule has 1 N–H and O–H groups in total. The molecule has 2 bridgehead atoms. The van der Waals surface area contributed by atoms with Gasteiger partial charge >= 0.3 is 0 Å². The molecule has 1 unspecified atom stereocenters. The molecule has 1 aliphatic heterocycles. The molecule has 0 aromatic heterocycles. The molecule has 21 heavy (non-hydrogen) atoms. The van der Waals surface area contributed by atoms with Crippen LogP contribution in [0.15, 0.2) is 30.3 Å². The average Bonchev–Trinajstić information content (AvgIpc) is 3.15. The lowest BCUT2D eigenvalue weighted by molar-refractivity contribution is 0.0646. The van der Waals surface area contributed by atoms with E-state index in [0.717, 1.165) is 42.9 Å². The summed E-state index contributed by atoms with van der Waals surface area (Å²) >= 11 is 0. The number of rotatable bonds is 4. The van der Waals surface area contributed by atoms with Crippen molar-refractivity contribution in [3.63, 3.8) is 0 Å². The van der Waals surface area contributed by atoms with Crippen LogP contribution in [-0.4, -0.2) is 25.8 Å². The molecule has 2 saturated carbocycles. The Morgan fingerprint density at radius 1 is 0.952 bits per heavy atom. The van der Waals surface area contributed by atoms with Gasteiger partial charge in [0.25, 0.3) is 0 Å². The van der Waals surface area contributed by atoms with Crippen molar-refractivity contribution in [1.82, 2.24) is 5.32 Å². The van der Waals surface area contributed by atoms with Crippen molar-refractivity contribution in [2.75, 3.05) is 19.8 Å². The fraction of sp³-hybridized carbons (Fsp3) is 0.684. The molecule has 4 atom stereocenters. The summed E-state index contributed by atoms with van der Waals surface area (Å²) in [5.41, 5.74) is 1.58. The average molecular weight is 285 g/mol. The van der Waals surface area contributed by atoms with Gasteiger partial charge in [-0.05, 0) is 67.9 Å². The maximum atomic E-state index is 5.46. The van der Waals surface area contributed by atoms with Gasteiger partial charge in [-0.3, -0.25) is 0 Å². The first kappa shape index (κ1) is 13.8. The topological polar surface area (TPSA) is 21.3 Å². The van der Waals surface area contributed by atoms with Crippen LogP contribution in [-0.2, 0) is 4.74 Å². The normalized spacial score (nSPS) is 36.2. The molecule has 0 spiro atoms. The van der Waals surface area contributed by atoms with Crippen molar-refractivity contribution >= 4 is 0 Å². The molecule has 1 saturated heterocycles. The van der Waals surface area contributed by atoms with Crippen LogP contribution in [0.2, 0.25) is 0 Å². The van der Waals surface area contributed by atoms with E-state index in [0.29, 0.717) is 0 Å². The van der Waals surface area contributed by atoms with Crippen molar-refractivity contribution in [2.24, 2.45) is 17.8 Å². The first-order valence-electron chi connectivity index (χ1n) is 8.76. The molecule has 3 fully saturated rings. The van der Waals surface area contributed by atoms with E-state index in [1.807, 2.05) is 0 Å². The largest absolute Gasteiger partial charge is 0.381 e. The smallest absolute Gasteiger partial charge is 0.0469 e. The highest BCUT2D eigenvalue weighted by molar-refractivity contribution is 5.23. The summed E-state index contributed by atoms with van der Waals surface area (Å²) < 4.78 is 5.46. The van der Waals surface area contributed by atoms with Gasteiger partial charge in [-0.15, -0.1) is 0 Å². The number of fused-ring (bicyclic) bond motifs is 2. The second kappa shape index (κ2) is 6.10. The van der Waals surface area contributed by atoms with Gasteiger partial charge in [-0.1, -0.05) is 30.3 Å². The molecule has 1 heterocycles. The summed E-state index contributed by atoms with van der Waals surface area (Å²) in [6.45, 7) is 3.16. The van der Waals surface area contributed by atoms with Gasteiger partial charge in [0.2, 0.25) is 0 Å². The third-order valence-corrected chi connectivity index (χ3v) is 6.09. The highest BCUT2D eigenvalue weighted by Crippen LogP contribution is 2.52. The minimum Gasteiger partial charge on any atom is -0.381 e. The molecule has 2 aliphatic carbocycles. The fourth-order valence-corrected chi connectivity index (χ4v) is 4.90. The van der Waals surface area contributed by atoms with Crippen LogP contribution < -0.4 is 5.32 Å². The summed E-state index contributed by atoms with van der Waals surface area (Å²) in [5.74, 6) is 3.52. The van der Waals surface area contributed by atoms with E-state index >= 15 is 0 Å². The van der Waals surface area contributed by atoms with Crippen molar-refractivity contribution in [3.05, 3.63) is 35.9 Å². The first-order valence-corrected chi connectivity index (χ1v) is 8.76. The highest BCUT2D eigenvalue weighted by Gasteiger charge is 2.45. The van der Waals surface area contributed by atoms with Crippen LogP contribution >= 0.6 is 0 Å². The summed E-state index contributed by atoms with van der Waals surface area (Å²) in [4.78, 5) is 0. The van der Waals surface area contributed by atoms with Gasteiger partial charge < -0.3 is 10.1 Å². The van der Waals surface area contributed by atoms with Crippen LogP contribution in [0.5, 0.6) is 0 Å². The Morgan fingerprint density at radius 2 is 1.76 bits per heavy atom. The molecule has 3 aliphatic rings. The van der Waals surface area contributed by atoms with Gasteiger partial charge in [-0.2, -0.15) is 0 Å². The van der Waals surface area contributed by atoms with E-state index in [4.69, 9.17) is 4.74 Å². The summed E-state index contributed by atoms with van der Waals surface area (Å²) in [7, 11) is 0. The Labute approximate surface area is 128 Å². The summed E-state index contributed by atoms with van der Waals surface area (Å²) in [5, 5.41) is 3.90. The molecule has 4 rings (SSSR count). The first-order chi connectivity index (χ1) is 10.4. The third-order valence-electron chi connectivity index (χ3n) is 6.09. The van der Waals surface area contributed by atoms with Crippen LogP contribution in [0.25, 0.3) is 0 Å². The second-order valence-corrected chi connectivity index (χ2v) is 7.31. The highest BCUT2D eigenvalue weighted by atomic mass is 16.5. The number of hydrogen-bond donors (Lipinski definition) is 1. The van der Waals surface area contributed by atoms with E-state index in [9.17, 15) is 0 Å². The van der Waals surface area contributed by atoms with Gasteiger partial charge in [0.15, 0.2) is 0 Å². The minimum atomic E-state index is 0.790. The maximum Gasteiger partial charge on any atom is 0.0469 e. The summed E-state index contributed by atoms with van der Waals surface area (Å²) in [6, 6.07) is 12.0. The third kappa shape index (κ3) is 2.89. The van der Waals surface area contributed by atoms with Gasteiger partial charge in [0, 0.05) is 19.3 Å². The molecule has 114 valence electrons. The molecule has 1 aromatic rings. The monoisotopic (exact) mass is 285 g/mol. The van der Waals surface area contributed by atoms with Crippen LogP contribution in [0.4, 0.5) is 0 Å². The zero-order valence-corrected chi connectivity index (χ0v) is 12.8. The van der Waals surface area contributed by atoms with E-state index < -0.39 is 0 Å². The van der Waals surface area contributed by atoms with Gasteiger partial charge in [0.1, 0.15) is 0 Å². The standard InChI is InChI=1S/C19H27NO/c1-2-4-15(5-3-1)18-11-17-10-16(18)12-19(17)20-13-14-6-8-21-9-7-14/h1-5,14,16-20H,6-13H2/t16-,17-,18+,19?/m0/s1. The SMILES string of the molecule is c1ccc([C@H]2C[C@@H]3C[C@H]2CC3NCC2CCOCC2)cc1. The molecule has 2 heteroatoms. The number of ether oxygens (including phenoxy) is 1. The minimum absolute atomic E-state index is 0.790. The van der Waals surface area contributed by atoms with Crippen LogP contribution in [0.1, 0.15) is 43.6 Å². The number of hydrogen-bond acceptors (Lipinski definition) is 2. The lowest BCUT2D eigenvalue weighted by Gasteiger charge is -2.31. The van der Waals surface area contributed by atoms with Crippen LogP contribution in [0.3, 0.4) is 0 Å². The van der Waals surface area contributed by atoms with E-state index in [1.54, 1.807) is 5.56 Å². The van der Waals surface area contributed by atoms with E-state index in [-0.39, 0.29) is 0 Å². The molecule has 2 nitrogen and oxygen atoms in total. The van der Waals surface area contributed by atoms with E-state index in [1.165, 1.54) is 38.6 Å². The quantitative estimate of drug-likeness (QED) is 0.913. The van der Waals surface area contributed by atoms with Crippen LogP contribution in [0, 0.1) is 17.8 Å². The van der Waals surface area contributed by atoms with E-state index in [2.05, 4.69) is 35.6 Å². The fourth-order valence-electron chi connectivity index (χ4n) is 4.90. The van der Waals surface area contributed by atoms with Crippen molar-refractivity contribution in [3.8, 4) is 0 Å². The lowest BCUT2D eigenvalue weighted by atomic mass is 9.81. The zero-order valence-electron chi connectivity index (χ0n) is 12.8. The van der Waals surface area contributed by atoms with Gasteiger partial charge in [-0.25, -0.2) is 0 Å². The Balaban J connectivity index is 1.30. The predicted molar refractivity (Wildman–Crippen MR) is 85.3 cm³/mol. The number of nitrogens with one attached hydrogen (secondary N) is 1. The molecule has 0 radical (unpaired) electrons. The molecular formula is C19H27NO. The Bertz CT molecular complexity index is 454.